The van der Waals surface area contributed by atoms with E-state index >= 15 is 0 Å². The fraction of sp³-hybridized carbons (Fsp3) is 0.417. The number of hydrogen-bond acceptors (Lipinski definition) is 7. The summed E-state index contributed by atoms with van der Waals surface area (Å²) < 4.78 is 7.26. The summed E-state index contributed by atoms with van der Waals surface area (Å²) in [6.45, 7) is 0.722. The first-order valence-electron chi connectivity index (χ1n) is 6.30. The zero-order chi connectivity index (χ0) is 13.9. The van der Waals surface area contributed by atoms with Gasteiger partial charge in [-0.05, 0) is 19.3 Å². The van der Waals surface area contributed by atoms with Crippen LogP contribution >= 0.6 is 0 Å². The van der Waals surface area contributed by atoms with Crippen LogP contribution in [0.5, 0.6) is 0 Å². The zero-order valence-electron chi connectivity index (χ0n) is 11.6. The zero-order valence-corrected chi connectivity index (χ0v) is 13.6. The Hall–Kier alpha value is -1.35. The standard InChI is InChI=1S/C12H13N5O3.Na/c18-12(19)9-6-13-8(5-14-9)11-15-7-17(16-11)10-3-1-2-4-20-10;/h5-7,10H,1-4H2,(H,18,19);/q;+1/p-1. The summed E-state index contributed by atoms with van der Waals surface area (Å²) in [5.41, 5.74) is 0.188. The van der Waals surface area contributed by atoms with Gasteiger partial charge in [0.05, 0.1) is 18.4 Å². The summed E-state index contributed by atoms with van der Waals surface area (Å²) in [5.74, 6) is -0.977. The predicted molar refractivity (Wildman–Crippen MR) is 64.2 cm³/mol. The van der Waals surface area contributed by atoms with Crippen LogP contribution in [-0.4, -0.2) is 37.3 Å². The number of aromatic carboxylic acids is 1. The van der Waals surface area contributed by atoms with Crippen LogP contribution in [0, 0.1) is 0 Å². The van der Waals surface area contributed by atoms with E-state index in [1.807, 2.05) is 0 Å². The van der Waals surface area contributed by atoms with E-state index in [0.29, 0.717) is 11.5 Å². The maximum Gasteiger partial charge on any atom is 1.00 e. The topological polar surface area (TPSA) is 106 Å². The summed E-state index contributed by atoms with van der Waals surface area (Å²) in [4.78, 5) is 22.4. The number of aromatic nitrogens is 5. The summed E-state index contributed by atoms with van der Waals surface area (Å²) in [5, 5.41) is 14.9. The van der Waals surface area contributed by atoms with Gasteiger partial charge in [0, 0.05) is 6.61 Å². The van der Waals surface area contributed by atoms with Crippen molar-refractivity contribution in [1.82, 2.24) is 24.7 Å². The minimum absolute atomic E-state index is 0. The Morgan fingerprint density at radius 3 is 2.76 bits per heavy atom. The maximum atomic E-state index is 10.6. The molecular formula is C12H12N5NaO3. The van der Waals surface area contributed by atoms with Crippen molar-refractivity contribution >= 4 is 5.97 Å². The quantitative estimate of drug-likeness (QED) is 0.549. The van der Waals surface area contributed by atoms with Gasteiger partial charge in [0.1, 0.15) is 17.7 Å². The second-order valence-corrected chi connectivity index (χ2v) is 4.44. The number of hydrogen-bond donors (Lipinski definition) is 0. The predicted octanol–water partition coefficient (Wildman–Crippen LogP) is -3.20. The molecule has 0 radical (unpaired) electrons. The molecular weight excluding hydrogens is 285 g/mol. The van der Waals surface area contributed by atoms with Gasteiger partial charge in [0.15, 0.2) is 6.23 Å². The van der Waals surface area contributed by atoms with Gasteiger partial charge in [0.25, 0.3) is 0 Å². The van der Waals surface area contributed by atoms with Crippen molar-refractivity contribution in [1.29, 1.82) is 0 Å². The molecule has 0 bridgehead atoms. The molecule has 1 unspecified atom stereocenters. The normalized spacial score (nSPS) is 18.0. The minimum atomic E-state index is -1.36. The summed E-state index contributed by atoms with van der Waals surface area (Å²) in [6, 6.07) is 0. The summed E-state index contributed by atoms with van der Waals surface area (Å²) in [6.07, 6.45) is 6.99. The van der Waals surface area contributed by atoms with Gasteiger partial charge in [-0.3, -0.25) is 4.98 Å². The summed E-state index contributed by atoms with van der Waals surface area (Å²) in [7, 11) is 0. The Kier molecular flexibility index (Phi) is 5.40. The molecule has 0 saturated carbocycles. The van der Waals surface area contributed by atoms with E-state index in [1.165, 1.54) is 6.20 Å². The Labute approximate surface area is 142 Å². The molecule has 3 heterocycles. The second-order valence-electron chi connectivity index (χ2n) is 4.44. The molecule has 9 heteroatoms. The number of carboxylic acids is 1. The van der Waals surface area contributed by atoms with E-state index in [2.05, 4.69) is 20.1 Å². The Morgan fingerprint density at radius 1 is 1.29 bits per heavy atom. The van der Waals surface area contributed by atoms with Crippen LogP contribution in [0.25, 0.3) is 11.5 Å². The number of carboxylic acid groups (broad SMARTS) is 1. The molecule has 0 aromatic carbocycles. The minimum Gasteiger partial charge on any atom is -0.543 e. The van der Waals surface area contributed by atoms with Crippen molar-refractivity contribution < 1.29 is 44.2 Å². The molecule has 21 heavy (non-hydrogen) atoms. The fourth-order valence-electron chi connectivity index (χ4n) is 2.01. The molecule has 0 aliphatic carbocycles. The van der Waals surface area contributed by atoms with Crippen LogP contribution in [0.15, 0.2) is 18.7 Å². The molecule has 1 aliphatic heterocycles. The average molecular weight is 297 g/mol. The van der Waals surface area contributed by atoms with E-state index in [0.717, 1.165) is 32.1 Å². The Bertz CT molecular complexity index is 610. The molecule has 2 aromatic heterocycles. The Morgan fingerprint density at radius 2 is 2.14 bits per heavy atom. The van der Waals surface area contributed by atoms with E-state index in [1.54, 1.807) is 11.0 Å². The average Bonchev–Trinajstić information content (AvgIpc) is 2.98. The molecule has 1 aliphatic rings. The van der Waals surface area contributed by atoms with Crippen LogP contribution < -0.4 is 34.7 Å². The van der Waals surface area contributed by atoms with Gasteiger partial charge in [-0.15, -0.1) is 5.10 Å². The third-order valence-corrected chi connectivity index (χ3v) is 3.05. The molecule has 8 nitrogen and oxygen atoms in total. The van der Waals surface area contributed by atoms with Crippen molar-refractivity contribution in [2.45, 2.75) is 25.5 Å². The number of ether oxygens (including phenoxy) is 1. The van der Waals surface area contributed by atoms with Crippen LogP contribution in [0.2, 0.25) is 0 Å². The molecule has 0 N–H and O–H groups in total. The van der Waals surface area contributed by atoms with Crippen molar-refractivity contribution in [3.63, 3.8) is 0 Å². The number of nitrogens with zero attached hydrogens (tertiary/aromatic N) is 5. The van der Waals surface area contributed by atoms with Crippen LogP contribution in [0.4, 0.5) is 0 Å². The van der Waals surface area contributed by atoms with E-state index in [4.69, 9.17) is 4.74 Å². The van der Waals surface area contributed by atoms with Crippen molar-refractivity contribution in [3.05, 3.63) is 24.4 Å². The van der Waals surface area contributed by atoms with Gasteiger partial charge in [0.2, 0.25) is 5.82 Å². The maximum absolute atomic E-state index is 10.6. The molecule has 1 saturated heterocycles. The number of carbonyl (C=O) groups is 1. The molecule has 104 valence electrons. The molecule has 0 spiro atoms. The molecule has 1 atom stereocenters. The molecule has 3 rings (SSSR count). The van der Waals surface area contributed by atoms with Gasteiger partial charge in [-0.2, -0.15) is 0 Å². The van der Waals surface area contributed by atoms with Crippen molar-refractivity contribution in [2.24, 2.45) is 0 Å². The third-order valence-electron chi connectivity index (χ3n) is 3.05. The largest absolute Gasteiger partial charge is 1.00 e. The first kappa shape index (κ1) is 16.0. The molecule has 0 amide bonds. The molecule has 2 aromatic rings. The van der Waals surface area contributed by atoms with Gasteiger partial charge >= 0.3 is 29.6 Å². The SMILES string of the molecule is O=C([O-])c1cnc(-c2ncn(C3CCCCO3)n2)cn1.[Na+]. The van der Waals surface area contributed by atoms with E-state index in [-0.39, 0.29) is 41.5 Å². The van der Waals surface area contributed by atoms with Gasteiger partial charge in [-0.1, -0.05) is 0 Å². The van der Waals surface area contributed by atoms with Crippen LogP contribution in [-0.2, 0) is 4.74 Å². The van der Waals surface area contributed by atoms with Crippen LogP contribution in [0.3, 0.4) is 0 Å². The second kappa shape index (κ2) is 7.08. The summed E-state index contributed by atoms with van der Waals surface area (Å²) >= 11 is 0. The van der Waals surface area contributed by atoms with Crippen molar-refractivity contribution in [3.8, 4) is 11.5 Å². The monoisotopic (exact) mass is 297 g/mol. The van der Waals surface area contributed by atoms with Gasteiger partial charge in [-0.25, -0.2) is 14.6 Å². The smallest absolute Gasteiger partial charge is 0.543 e. The van der Waals surface area contributed by atoms with E-state index < -0.39 is 5.97 Å². The fourth-order valence-corrected chi connectivity index (χ4v) is 2.01. The first-order chi connectivity index (χ1) is 9.74. The molecule has 1 fully saturated rings. The van der Waals surface area contributed by atoms with Gasteiger partial charge < -0.3 is 14.6 Å². The number of rotatable bonds is 3. The van der Waals surface area contributed by atoms with Crippen LogP contribution in [0.1, 0.15) is 36.0 Å². The third kappa shape index (κ3) is 3.65. The Balaban J connectivity index is 0.00000161. The van der Waals surface area contributed by atoms with E-state index in [9.17, 15) is 9.90 Å². The first-order valence-corrected chi connectivity index (χ1v) is 6.30. The number of carbonyl (C=O) groups excluding carboxylic acids is 1. The van der Waals surface area contributed by atoms with Crippen molar-refractivity contribution in [2.75, 3.05) is 6.61 Å².